The van der Waals surface area contributed by atoms with Crippen LogP contribution in [0.3, 0.4) is 0 Å². The molecule has 2 aromatic rings. The maximum Gasteiger partial charge on any atom is 0.303 e. The normalized spacial score (nSPS) is 9.71. The van der Waals surface area contributed by atoms with E-state index >= 15 is 0 Å². The van der Waals surface area contributed by atoms with Gasteiger partial charge in [0.05, 0.1) is 0 Å². The van der Waals surface area contributed by atoms with Gasteiger partial charge < -0.3 is 9.15 Å². The first kappa shape index (κ1) is 8.43. The molecule has 0 atom stereocenters. The van der Waals surface area contributed by atoms with Crippen LogP contribution in [0.1, 0.15) is 5.89 Å². The Morgan fingerprint density at radius 1 is 1.29 bits per heavy atom. The van der Waals surface area contributed by atoms with Crippen LogP contribution in [0.15, 0.2) is 41.1 Å². The van der Waals surface area contributed by atoms with E-state index in [1.54, 1.807) is 12.1 Å². The van der Waals surface area contributed by atoms with Gasteiger partial charge >= 0.3 is 5.89 Å². The summed E-state index contributed by atoms with van der Waals surface area (Å²) in [5.74, 6) is 0.471. The number of hydrogen-bond acceptors (Lipinski definition) is 5. The zero-order chi connectivity index (χ0) is 9.80. The summed E-state index contributed by atoms with van der Waals surface area (Å²) in [6.45, 7) is 0. The minimum atomic E-state index is -0.159. The smallest absolute Gasteiger partial charge is 0.303 e. The molecular weight excluding hydrogens is 182 g/mol. The van der Waals surface area contributed by atoms with Gasteiger partial charge in [0.2, 0.25) is 6.39 Å². The topological polar surface area (TPSA) is 72.0 Å². The fourth-order valence-corrected chi connectivity index (χ4v) is 0.922. The second kappa shape index (κ2) is 3.69. The number of benzene rings is 1. The number of ether oxygens (including phenoxy) is 1. The summed E-state index contributed by atoms with van der Waals surface area (Å²) in [6.07, 6.45) is 1.15. The molecule has 0 aliphatic rings. The quantitative estimate of drug-likeness (QED) is 0.573. The molecule has 0 bridgehead atoms. The SMILES string of the molecule is N=C(Oc1ccccc1)c1nnco1. The minimum Gasteiger partial charge on any atom is -0.435 e. The second-order valence-corrected chi connectivity index (χ2v) is 2.49. The Kier molecular flexibility index (Phi) is 2.22. The number of para-hydroxylation sites is 1. The van der Waals surface area contributed by atoms with Crippen molar-refractivity contribution in [2.45, 2.75) is 0 Å². The van der Waals surface area contributed by atoms with Gasteiger partial charge in [0.25, 0.3) is 5.90 Å². The van der Waals surface area contributed by atoms with Crippen molar-refractivity contribution in [3.63, 3.8) is 0 Å². The van der Waals surface area contributed by atoms with Crippen LogP contribution in [0.25, 0.3) is 0 Å². The van der Waals surface area contributed by atoms with E-state index in [-0.39, 0.29) is 11.8 Å². The number of nitrogens with one attached hydrogen (secondary N) is 1. The maximum absolute atomic E-state index is 7.47. The van der Waals surface area contributed by atoms with Crippen LogP contribution in [0.5, 0.6) is 5.75 Å². The number of rotatable bonds is 2. The molecule has 0 spiro atoms. The molecule has 0 aliphatic heterocycles. The standard InChI is InChI=1S/C9H7N3O2/c10-8(9-12-11-6-13-9)14-7-4-2-1-3-5-7/h1-6,10H. The molecule has 0 aliphatic carbocycles. The second-order valence-electron chi connectivity index (χ2n) is 2.49. The molecule has 2 rings (SSSR count). The van der Waals surface area contributed by atoms with Gasteiger partial charge in [-0.15, -0.1) is 10.2 Å². The van der Waals surface area contributed by atoms with Gasteiger partial charge in [0.1, 0.15) is 5.75 Å². The Labute approximate surface area is 79.9 Å². The van der Waals surface area contributed by atoms with E-state index in [2.05, 4.69) is 10.2 Å². The number of nitrogens with zero attached hydrogens (tertiary/aromatic N) is 2. The Bertz CT molecular complexity index is 411. The van der Waals surface area contributed by atoms with Crippen molar-refractivity contribution in [1.29, 1.82) is 5.41 Å². The van der Waals surface area contributed by atoms with Crippen molar-refractivity contribution in [1.82, 2.24) is 10.2 Å². The monoisotopic (exact) mass is 189 g/mol. The van der Waals surface area contributed by atoms with Crippen LogP contribution >= 0.6 is 0 Å². The van der Waals surface area contributed by atoms with Crippen molar-refractivity contribution in [2.24, 2.45) is 0 Å². The van der Waals surface area contributed by atoms with Crippen LogP contribution < -0.4 is 4.74 Å². The predicted octanol–water partition coefficient (Wildman–Crippen LogP) is 1.47. The molecule has 1 aromatic heterocycles. The fraction of sp³-hybridized carbons (Fsp3) is 0. The van der Waals surface area contributed by atoms with Gasteiger partial charge in [-0.25, -0.2) is 0 Å². The molecule has 1 heterocycles. The van der Waals surface area contributed by atoms with Crippen molar-refractivity contribution in [2.75, 3.05) is 0 Å². The molecule has 14 heavy (non-hydrogen) atoms. The molecule has 1 N–H and O–H groups in total. The van der Waals surface area contributed by atoms with Crippen LogP contribution in [0.2, 0.25) is 0 Å². The summed E-state index contributed by atoms with van der Waals surface area (Å²) in [5, 5.41) is 14.5. The van der Waals surface area contributed by atoms with Gasteiger partial charge in [-0.05, 0) is 12.1 Å². The Hall–Kier alpha value is -2.17. The zero-order valence-electron chi connectivity index (χ0n) is 7.18. The summed E-state index contributed by atoms with van der Waals surface area (Å²) in [6, 6.07) is 8.98. The number of aromatic nitrogens is 2. The molecule has 0 saturated heterocycles. The molecular formula is C9H7N3O2. The molecule has 0 fully saturated rings. The van der Waals surface area contributed by atoms with Crippen LogP contribution in [-0.2, 0) is 0 Å². The first-order valence-corrected chi connectivity index (χ1v) is 3.94. The average molecular weight is 189 g/mol. The molecule has 70 valence electrons. The van der Waals surface area contributed by atoms with E-state index in [1.165, 1.54) is 0 Å². The largest absolute Gasteiger partial charge is 0.435 e. The summed E-state index contributed by atoms with van der Waals surface area (Å²) in [7, 11) is 0. The van der Waals surface area contributed by atoms with Crippen molar-refractivity contribution >= 4 is 5.90 Å². The molecule has 5 nitrogen and oxygen atoms in total. The highest BCUT2D eigenvalue weighted by Crippen LogP contribution is 2.10. The highest BCUT2D eigenvalue weighted by atomic mass is 16.5. The lowest BCUT2D eigenvalue weighted by Gasteiger charge is -2.01. The lowest BCUT2D eigenvalue weighted by atomic mass is 10.3. The highest BCUT2D eigenvalue weighted by Gasteiger charge is 2.08. The molecule has 0 radical (unpaired) electrons. The van der Waals surface area contributed by atoms with E-state index in [4.69, 9.17) is 14.6 Å². The third-order valence-corrected chi connectivity index (χ3v) is 1.52. The van der Waals surface area contributed by atoms with Crippen molar-refractivity contribution < 1.29 is 9.15 Å². The molecule has 1 aromatic carbocycles. The minimum absolute atomic E-state index is 0.0638. The van der Waals surface area contributed by atoms with E-state index in [1.807, 2.05) is 18.2 Å². The Morgan fingerprint density at radius 2 is 2.07 bits per heavy atom. The van der Waals surface area contributed by atoms with Gasteiger partial charge in [0.15, 0.2) is 0 Å². The van der Waals surface area contributed by atoms with E-state index in [0.717, 1.165) is 6.39 Å². The third-order valence-electron chi connectivity index (χ3n) is 1.52. The first-order chi connectivity index (χ1) is 6.86. The summed E-state index contributed by atoms with van der Waals surface area (Å²) in [5.41, 5.74) is 0. The maximum atomic E-state index is 7.47. The molecule has 0 unspecified atom stereocenters. The van der Waals surface area contributed by atoms with Gasteiger partial charge in [-0.3, -0.25) is 5.41 Å². The first-order valence-electron chi connectivity index (χ1n) is 3.94. The van der Waals surface area contributed by atoms with E-state index in [9.17, 15) is 0 Å². The molecule has 0 saturated carbocycles. The van der Waals surface area contributed by atoms with Crippen molar-refractivity contribution in [3.05, 3.63) is 42.6 Å². The summed E-state index contributed by atoms with van der Waals surface area (Å²) in [4.78, 5) is 0. The zero-order valence-corrected chi connectivity index (χ0v) is 7.18. The Balaban J connectivity index is 2.10. The van der Waals surface area contributed by atoms with E-state index < -0.39 is 0 Å². The average Bonchev–Trinajstić information content (AvgIpc) is 2.72. The fourth-order valence-electron chi connectivity index (χ4n) is 0.922. The lowest BCUT2D eigenvalue weighted by molar-refractivity contribution is 0.483. The lowest BCUT2D eigenvalue weighted by Crippen LogP contribution is -2.08. The van der Waals surface area contributed by atoms with Gasteiger partial charge in [0, 0.05) is 0 Å². The Morgan fingerprint density at radius 3 is 2.71 bits per heavy atom. The highest BCUT2D eigenvalue weighted by molar-refractivity contribution is 5.88. The summed E-state index contributed by atoms with van der Waals surface area (Å²) < 4.78 is 9.94. The van der Waals surface area contributed by atoms with Gasteiger partial charge in [-0.1, -0.05) is 18.2 Å². The predicted molar refractivity (Wildman–Crippen MR) is 48.2 cm³/mol. The summed E-state index contributed by atoms with van der Waals surface area (Å²) >= 11 is 0. The van der Waals surface area contributed by atoms with Gasteiger partial charge in [-0.2, -0.15) is 0 Å². The van der Waals surface area contributed by atoms with Crippen molar-refractivity contribution in [3.8, 4) is 5.75 Å². The third kappa shape index (κ3) is 1.77. The van der Waals surface area contributed by atoms with E-state index in [0.29, 0.717) is 5.75 Å². The number of hydrogen-bond donors (Lipinski definition) is 1. The van der Waals surface area contributed by atoms with Crippen LogP contribution in [0.4, 0.5) is 0 Å². The van der Waals surface area contributed by atoms with Crippen LogP contribution in [0, 0.1) is 5.41 Å². The van der Waals surface area contributed by atoms with Crippen LogP contribution in [-0.4, -0.2) is 16.1 Å². The molecule has 0 amide bonds. The molecule has 5 heteroatoms.